The smallest absolute Gasteiger partial charge is 0.222 e. The van der Waals surface area contributed by atoms with Crippen LogP contribution in [0, 0.1) is 17.2 Å². The van der Waals surface area contributed by atoms with Crippen LogP contribution in [0.15, 0.2) is 18.2 Å². The van der Waals surface area contributed by atoms with Crippen molar-refractivity contribution >= 4 is 23.2 Å². The van der Waals surface area contributed by atoms with Crippen molar-refractivity contribution in [2.45, 2.75) is 12.8 Å². The molecule has 1 unspecified atom stereocenters. The number of carbonyl (C=O) groups is 1. The fourth-order valence-electron chi connectivity index (χ4n) is 2.24. The van der Waals surface area contributed by atoms with E-state index in [1.807, 2.05) is 12.1 Å². The number of halogens is 1. The van der Waals surface area contributed by atoms with Crippen molar-refractivity contribution in [3.05, 3.63) is 28.8 Å². The van der Waals surface area contributed by atoms with E-state index in [1.165, 1.54) is 0 Å². The van der Waals surface area contributed by atoms with Gasteiger partial charge in [0.25, 0.3) is 0 Å². The second-order valence-corrected chi connectivity index (χ2v) is 4.87. The number of rotatable bonds is 2. The van der Waals surface area contributed by atoms with Crippen molar-refractivity contribution in [2.24, 2.45) is 11.7 Å². The zero-order chi connectivity index (χ0) is 13.1. The molecule has 0 aromatic heterocycles. The molecule has 94 valence electrons. The van der Waals surface area contributed by atoms with Gasteiger partial charge >= 0.3 is 0 Å². The minimum Gasteiger partial charge on any atom is -0.371 e. The summed E-state index contributed by atoms with van der Waals surface area (Å²) in [5, 5.41) is 9.27. The fraction of sp³-hybridized carbons (Fsp3) is 0.385. The second kappa shape index (κ2) is 5.28. The monoisotopic (exact) mass is 263 g/mol. The summed E-state index contributed by atoms with van der Waals surface area (Å²) in [6, 6.07) is 7.35. The molecular weight excluding hydrogens is 250 g/mol. The van der Waals surface area contributed by atoms with Crippen molar-refractivity contribution in [2.75, 3.05) is 18.0 Å². The van der Waals surface area contributed by atoms with Crippen LogP contribution in [0.1, 0.15) is 18.4 Å². The van der Waals surface area contributed by atoms with Crippen molar-refractivity contribution < 1.29 is 4.79 Å². The maximum atomic E-state index is 11.2. The molecule has 0 aliphatic carbocycles. The molecule has 0 bridgehead atoms. The molecule has 2 N–H and O–H groups in total. The molecule has 0 saturated carbocycles. The largest absolute Gasteiger partial charge is 0.371 e. The topological polar surface area (TPSA) is 70.1 Å². The Labute approximate surface area is 111 Å². The summed E-state index contributed by atoms with van der Waals surface area (Å²) < 4.78 is 0. The normalized spacial score (nSPS) is 19.3. The van der Waals surface area contributed by atoms with Crippen LogP contribution in [0.2, 0.25) is 5.02 Å². The molecule has 0 spiro atoms. The van der Waals surface area contributed by atoms with Crippen LogP contribution in [0.3, 0.4) is 0 Å². The van der Waals surface area contributed by atoms with Crippen molar-refractivity contribution in [3.63, 3.8) is 0 Å². The van der Waals surface area contributed by atoms with Gasteiger partial charge in [0, 0.05) is 18.8 Å². The molecule has 18 heavy (non-hydrogen) atoms. The lowest BCUT2D eigenvalue weighted by molar-refractivity contribution is -0.122. The predicted molar refractivity (Wildman–Crippen MR) is 70.3 cm³/mol. The minimum atomic E-state index is -0.251. The Morgan fingerprint density at radius 3 is 2.94 bits per heavy atom. The number of hydrogen-bond donors (Lipinski definition) is 1. The van der Waals surface area contributed by atoms with Gasteiger partial charge in [-0.15, -0.1) is 0 Å². The number of amides is 1. The SMILES string of the molecule is N#Cc1ccc(N2CCCC(C(N)=O)C2)cc1Cl. The predicted octanol–water partition coefficient (Wildman–Crippen LogP) is 1.91. The molecular formula is C13H14ClN3O. The zero-order valence-electron chi connectivity index (χ0n) is 9.90. The third-order valence-corrected chi connectivity index (χ3v) is 3.57. The lowest BCUT2D eigenvalue weighted by atomic mass is 9.97. The van der Waals surface area contributed by atoms with Crippen LogP contribution in [0.5, 0.6) is 0 Å². The van der Waals surface area contributed by atoms with Gasteiger partial charge < -0.3 is 10.6 Å². The Morgan fingerprint density at radius 2 is 2.33 bits per heavy atom. The van der Waals surface area contributed by atoms with Gasteiger partial charge in [-0.2, -0.15) is 5.26 Å². The van der Waals surface area contributed by atoms with Crippen LogP contribution in [-0.2, 0) is 4.79 Å². The number of primary amides is 1. The summed E-state index contributed by atoms with van der Waals surface area (Å²) in [6.45, 7) is 1.50. The number of nitrogens with two attached hydrogens (primary N) is 1. The highest BCUT2D eigenvalue weighted by atomic mass is 35.5. The summed E-state index contributed by atoms with van der Waals surface area (Å²) in [5.74, 6) is -0.354. The van der Waals surface area contributed by atoms with E-state index in [2.05, 4.69) is 4.90 Å². The number of carbonyl (C=O) groups excluding carboxylic acids is 1. The standard InChI is InChI=1S/C13H14ClN3O/c14-12-6-11(4-3-9(12)7-15)17-5-1-2-10(8-17)13(16)18/h3-4,6,10H,1-2,5,8H2,(H2,16,18). The number of nitrogens with zero attached hydrogens (tertiary/aromatic N) is 2. The lowest BCUT2D eigenvalue weighted by Crippen LogP contribution is -2.41. The van der Waals surface area contributed by atoms with Crippen LogP contribution in [-0.4, -0.2) is 19.0 Å². The molecule has 1 aromatic carbocycles. The average Bonchev–Trinajstić information content (AvgIpc) is 2.38. The summed E-state index contributed by atoms with van der Waals surface area (Å²) in [7, 11) is 0. The highest BCUT2D eigenvalue weighted by molar-refractivity contribution is 6.32. The highest BCUT2D eigenvalue weighted by Gasteiger charge is 2.24. The maximum Gasteiger partial charge on any atom is 0.222 e. The van der Waals surface area contributed by atoms with Crippen LogP contribution in [0.25, 0.3) is 0 Å². The third kappa shape index (κ3) is 2.57. The molecule has 2 rings (SSSR count). The molecule has 1 atom stereocenters. The van der Waals surface area contributed by atoms with Gasteiger partial charge in [0.2, 0.25) is 5.91 Å². The Morgan fingerprint density at radius 1 is 1.56 bits per heavy atom. The molecule has 4 nitrogen and oxygen atoms in total. The van der Waals surface area contributed by atoms with E-state index in [4.69, 9.17) is 22.6 Å². The van der Waals surface area contributed by atoms with Gasteiger partial charge in [0.15, 0.2) is 0 Å². The average molecular weight is 264 g/mol. The number of nitriles is 1. The maximum absolute atomic E-state index is 11.2. The lowest BCUT2D eigenvalue weighted by Gasteiger charge is -2.33. The molecule has 1 amide bonds. The van der Waals surface area contributed by atoms with E-state index >= 15 is 0 Å². The molecule has 5 heteroatoms. The van der Waals surface area contributed by atoms with Gasteiger partial charge in [0.05, 0.1) is 16.5 Å². The van der Waals surface area contributed by atoms with Crippen molar-refractivity contribution in [1.82, 2.24) is 0 Å². The first-order valence-corrected chi connectivity index (χ1v) is 6.23. The quantitative estimate of drug-likeness (QED) is 0.886. The van der Waals surface area contributed by atoms with E-state index in [9.17, 15) is 4.79 Å². The van der Waals surface area contributed by atoms with Crippen molar-refractivity contribution in [1.29, 1.82) is 5.26 Å². The van der Waals surface area contributed by atoms with E-state index < -0.39 is 0 Å². The summed E-state index contributed by atoms with van der Waals surface area (Å²) in [6.07, 6.45) is 1.78. The third-order valence-electron chi connectivity index (χ3n) is 3.26. The number of piperidine rings is 1. The summed E-state index contributed by atoms with van der Waals surface area (Å²) in [5.41, 5.74) is 6.75. The molecule has 1 aliphatic rings. The number of benzene rings is 1. The Kier molecular flexibility index (Phi) is 3.73. The second-order valence-electron chi connectivity index (χ2n) is 4.46. The fourth-order valence-corrected chi connectivity index (χ4v) is 2.45. The van der Waals surface area contributed by atoms with Crippen LogP contribution < -0.4 is 10.6 Å². The van der Waals surface area contributed by atoms with Gasteiger partial charge in [-0.3, -0.25) is 4.79 Å². The Balaban J connectivity index is 2.19. The van der Waals surface area contributed by atoms with E-state index in [-0.39, 0.29) is 11.8 Å². The zero-order valence-corrected chi connectivity index (χ0v) is 10.7. The van der Waals surface area contributed by atoms with Gasteiger partial charge in [-0.1, -0.05) is 11.6 Å². The van der Waals surface area contributed by atoms with Crippen molar-refractivity contribution in [3.8, 4) is 6.07 Å². The molecule has 0 radical (unpaired) electrons. The molecule has 1 fully saturated rings. The van der Waals surface area contributed by atoms with Gasteiger partial charge in [-0.25, -0.2) is 0 Å². The number of hydrogen-bond acceptors (Lipinski definition) is 3. The first kappa shape index (κ1) is 12.7. The Hall–Kier alpha value is -1.73. The van der Waals surface area contributed by atoms with Crippen LogP contribution >= 0.6 is 11.6 Å². The molecule has 1 aromatic rings. The van der Waals surface area contributed by atoms with E-state index in [1.54, 1.807) is 12.1 Å². The van der Waals surface area contributed by atoms with Crippen LogP contribution in [0.4, 0.5) is 5.69 Å². The molecule has 1 saturated heterocycles. The molecule has 1 heterocycles. The minimum absolute atomic E-state index is 0.104. The van der Waals surface area contributed by atoms with E-state index in [0.717, 1.165) is 25.1 Å². The van der Waals surface area contributed by atoms with Gasteiger partial charge in [0.1, 0.15) is 6.07 Å². The first-order chi connectivity index (χ1) is 8.61. The molecule has 1 aliphatic heterocycles. The van der Waals surface area contributed by atoms with E-state index in [0.29, 0.717) is 17.1 Å². The summed E-state index contributed by atoms with van der Waals surface area (Å²) >= 11 is 6.01. The Bertz CT molecular complexity index is 509. The highest BCUT2D eigenvalue weighted by Crippen LogP contribution is 2.27. The van der Waals surface area contributed by atoms with Gasteiger partial charge in [-0.05, 0) is 31.0 Å². The summed E-state index contributed by atoms with van der Waals surface area (Å²) in [4.78, 5) is 13.3. The first-order valence-electron chi connectivity index (χ1n) is 5.85. The number of anilines is 1.